The number of aromatic nitrogens is 3. The third kappa shape index (κ3) is 6.46. The minimum Gasteiger partial charge on any atom is -0.497 e. The number of ether oxygens (including phenoxy) is 3. The highest BCUT2D eigenvalue weighted by atomic mass is 32.2. The number of anilines is 2. The monoisotopic (exact) mass is 611 g/mol. The SMILES string of the molecule is COc1ccc(CN(c2ccncn2)S(=O)(=O)c2cc(F)c(O[C@H]3CCCC[C@@H]3c3ccnc(N)c3)cc2F)c(OC)c1. The first-order valence-electron chi connectivity index (χ1n) is 13.6. The van der Waals surface area contributed by atoms with Gasteiger partial charge >= 0.3 is 0 Å². The zero-order valence-electron chi connectivity index (χ0n) is 23.6. The molecule has 1 aliphatic rings. The molecule has 2 N–H and O–H groups in total. The quantitative estimate of drug-likeness (QED) is 0.256. The van der Waals surface area contributed by atoms with E-state index in [9.17, 15) is 8.42 Å². The molecule has 0 aliphatic heterocycles. The molecule has 1 fully saturated rings. The predicted molar refractivity (Wildman–Crippen MR) is 156 cm³/mol. The average Bonchev–Trinajstić information content (AvgIpc) is 3.02. The number of hydrogen-bond acceptors (Lipinski definition) is 9. The summed E-state index contributed by atoms with van der Waals surface area (Å²) in [6, 6.07) is 11.2. The van der Waals surface area contributed by atoms with Crippen LogP contribution in [-0.2, 0) is 16.6 Å². The highest BCUT2D eigenvalue weighted by Gasteiger charge is 2.33. The summed E-state index contributed by atoms with van der Waals surface area (Å²) >= 11 is 0. The molecule has 10 nitrogen and oxygen atoms in total. The molecule has 2 atom stereocenters. The summed E-state index contributed by atoms with van der Waals surface area (Å²) < 4.78 is 76.6. The van der Waals surface area contributed by atoms with Gasteiger partial charge in [0.05, 0.1) is 20.8 Å². The van der Waals surface area contributed by atoms with Crippen molar-refractivity contribution in [2.24, 2.45) is 0 Å². The Bertz CT molecular complexity index is 1690. The van der Waals surface area contributed by atoms with E-state index < -0.39 is 32.7 Å². The fourth-order valence-corrected chi connectivity index (χ4v) is 6.71. The van der Waals surface area contributed by atoms with Gasteiger partial charge in [0.1, 0.15) is 46.3 Å². The van der Waals surface area contributed by atoms with Crippen molar-refractivity contribution in [3.63, 3.8) is 0 Å². The topological polar surface area (TPSA) is 130 Å². The Morgan fingerprint density at radius 2 is 1.74 bits per heavy atom. The van der Waals surface area contributed by atoms with Gasteiger partial charge in [-0.15, -0.1) is 0 Å². The molecule has 0 saturated heterocycles. The second-order valence-corrected chi connectivity index (χ2v) is 11.9. The van der Waals surface area contributed by atoms with Gasteiger partial charge in [-0.2, -0.15) is 0 Å². The fourth-order valence-electron chi connectivity index (χ4n) is 5.25. The number of methoxy groups -OCH3 is 2. The van der Waals surface area contributed by atoms with Gasteiger partial charge in [0, 0.05) is 48.1 Å². The molecule has 2 heterocycles. The van der Waals surface area contributed by atoms with E-state index in [4.69, 9.17) is 19.9 Å². The van der Waals surface area contributed by atoms with Crippen molar-refractivity contribution in [1.29, 1.82) is 0 Å². The van der Waals surface area contributed by atoms with E-state index in [1.165, 1.54) is 26.5 Å². The van der Waals surface area contributed by atoms with E-state index in [-0.39, 0.29) is 24.0 Å². The van der Waals surface area contributed by atoms with Crippen LogP contribution in [0.3, 0.4) is 0 Å². The minimum absolute atomic E-state index is 0.0466. The van der Waals surface area contributed by atoms with Crippen LogP contribution in [-0.4, -0.2) is 43.7 Å². The van der Waals surface area contributed by atoms with E-state index in [0.29, 0.717) is 35.4 Å². The fraction of sp³-hybridized carbons (Fsp3) is 0.300. The van der Waals surface area contributed by atoms with Gasteiger partial charge in [-0.3, -0.25) is 0 Å². The van der Waals surface area contributed by atoms with Crippen molar-refractivity contribution >= 4 is 21.7 Å². The molecule has 0 amide bonds. The summed E-state index contributed by atoms with van der Waals surface area (Å²) in [5, 5.41) is 0. The molecule has 5 rings (SSSR count). The zero-order valence-corrected chi connectivity index (χ0v) is 24.4. The summed E-state index contributed by atoms with van der Waals surface area (Å²) in [7, 11) is -1.78. The lowest BCUT2D eigenvalue weighted by Gasteiger charge is -2.32. The first-order chi connectivity index (χ1) is 20.7. The van der Waals surface area contributed by atoms with Gasteiger partial charge in [-0.1, -0.05) is 6.42 Å². The summed E-state index contributed by atoms with van der Waals surface area (Å²) in [5.74, 6) is -1.53. The maximum Gasteiger partial charge on any atom is 0.268 e. The molecule has 0 bridgehead atoms. The lowest BCUT2D eigenvalue weighted by molar-refractivity contribution is 0.124. The molecular formula is C30H31F2N5O5S. The van der Waals surface area contributed by atoms with Crippen molar-refractivity contribution < 1.29 is 31.4 Å². The van der Waals surface area contributed by atoms with Crippen LogP contribution in [0.4, 0.5) is 20.4 Å². The molecular weight excluding hydrogens is 580 g/mol. The number of sulfonamides is 1. The lowest BCUT2D eigenvalue weighted by atomic mass is 9.82. The van der Waals surface area contributed by atoms with E-state index in [1.54, 1.807) is 30.5 Å². The minimum atomic E-state index is -4.69. The van der Waals surface area contributed by atoms with Gasteiger partial charge in [0.25, 0.3) is 10.0 Å². The number of nitrogen functional groups attached to an aromatic ring is 1. The standard InChI is InChI=1S/C30H31F2N5O5S/c1-40-21-8-7-20(26(14-21)41-2)17-37(30-10-11-34-18-36-30)43(38,39)28-16-23(31)27(15-24(28)32)42-25-6-4-3-5-22(25)19-9-12-35-29(33)13-19/h7-16,18,22,25H,3-6,17H2,1-2H3,(H2,33,35)/t22-,25+/m1/s1. The van der Waals surface area contributed by atoms with E-state index >= 15 is 8.78 Å². The number of benzene rings is 2. The predicted octanol–water partition coefficient (Wildman–Crippen LogP) is 5.25. The Kier molecular flexibility index (Phi) is 8.90. The molecule has 0 spiro atoms. The first-order valence-corrected chi connectivity index (χ1v) is 15.0. The van der Waals surface area contributed by atoms with Crippen LogP contribution in [0.1, 0.15) is 42.7 Å². The van der Waals surface area contributed by atoms with Gasteiger partial charge in [-0.05, 0) is 49.1 Å². The van der Waals surface area contributed by atoms with E-state index in [0.717, 1.165) is 41.5 Å². The Labute approximate surface area is 248 Å². The third-order valence-corrected chi connectivity index (χ3v) is 9.16. The van der Waals surface area contributed by atoms with E-state index in [1.807, 2.05) is 6.07 Å². The Balaban J connectivity index is 1.48. The van der Waals surface area contributed by atoms with Crippen molar-refractivity contribution in [3.8, 4) is 17.2 Å². The average molecular weight is 612 g/mol. The van der Waals surface area contributed by atoms with Crippen molar-refractivity contribution in [1.82, 2.24) is 15.0 Å². The number of hydrogen-bond donors (Lipinski definition) is 1. The van der Waals surface area contributed by atoms with Gasteiger partial charge in [0.2, 0.25) is 0 Å². The summed E-state index contributed by atoms with van der Waals surface area (Å²) in [5.41, 5.74) is 7.20. The maximum atomic E-state index is 15.7. The molecule has 0 radical (unpaired) electrons. The number of rotatable bonds is 10. The highest BCUT2D eigenvalue weighted by Crippen LogP contribution is 2.38. The van der Waals surface area contributed by atoms with Crippen LogP contribution < -0.4 is 24.2 Å². The molecule has 43 heavy (non-hydrogen) atoms. The first kappa shape index (κ1) is 30.0. The van der Waals surface area contributed by atoms with Crippen molar-refractivity contribution in [2.45, 2.75) is 49.1 Å². The van der Waals surface area contributed by atoms with Crippen LogP contribution in [0.15, 0.2) is 72.1 Å². The Morgan fingerprint density at radius 3 is 2.47 bits per heavy atom. The normalized spacial score (nSPS) is 16.8. The second kappa shape index (κ2) is 12.8. The lowest BCUT2D eigenvalue weighted by Crippen LogP contribution is -2.32. The number of pyridine rings is 1. The zero-order chi connectivity index (χ0) is 30.6. The number of halogens is 2. The second-order valence-electron chi connectivity index (χ2n) is 10.0. The summed E-state index contributed by atoms with van der Waals surface area (Å²) in [6.45, 7) is -0.301. The van der Waals surface area contributed by atoms with Crippen LogP contribution in [0, 0.1) is 11.6 Å². The highest BCUT2D eigenvalue weighted by molar-refractivity contribution is 7.92. The van der Waals surface area contributed by atoms with Gasteiger partial charge in [0.15, 0.2) is 11.6 Å². The largest absolute Gasteiger partial charge is 0.497 e. The number of nitrogens with two attached hydrogens (primary N) is 1. The molecule has 226 valence electrons. The van der Waals surface area contributed by atoms with E-state index in [2.05, 4.69) is 15.0 Å². The molecule has 0 unspecified atom stereocenters. The Hall–Kier alpha value is -4.52. The van der Waals surface area contributed by atoms with Crippen LogP contribution in [0.5, 0.6) is 17.2 Å². The van der Waals surface area contributed by atoms with Crippen molar-refractivity contribution in [2.75, 3.05) is 24.3 Å². The molecule has 2 aromatic carbocycles. The molecule has 2 aromatic heterocycles. The van der Waals surface area contributed by atoms with Crippen LogP contribution in [0.25, 0.3) is 0 Å². The molecule has 1 saturated carbocycles. The van der Waals surface area contributed by atoms with Gasteiger partial charge < -0.3 is 19.9 Å². The van der Waals surface area contributed by atoms with Crippen LogP contribution in [0.2, 0.25) is 0 Å². The molecule has 4 aromatic rings. The number of nitrogens with zero attached hydrogens (tertiary/aromatic N) is 4. The Morgan fingerprint density at radius 1 is 0.930 bits per heavy atom. The maximum absolute atomic E-state index is 15.7. The van der Waals surface area contributed by atoms with Crippen molar-refractivity contribution in [3.05, 3.63) is 90.0 Å². The third-order valence-electron chi connectivity index (χ3n) is 7.40. The summed E-state index contributed by atoms with van der Waals surface area (Å²) in [4.78, 5) is 11.1. The molecule has 13 heteroatoms. The summed E-state index contributed by atoms with van der Waals surface area (Å²) in [6.07, 6.45) is 6.81. The van der Waals surface area contributed by atoms with Gasteiger partial charge in [-0.25, -0.2) is 36.5 Å². The smallest absolute Gasteiger partial charge is 0.268 e. The molecule has 1 aliphatic carbocycles. The van der Waals surface area contributed by atoms with Crippen LogP contribution >= 0.6 is 0 Å².